The summed E-state index contributed by atoms with van der Waals surface area (Å²) in [5.41, 5.74) is 5.62. The fraction of sp³-hybridized carbons (Fsp3) is 0.478. The minimum absolute atomic E-state index is 0.0180. The molecule has 1 aliphatic rings. The monoisotopic (exact) mass is 487 g/mol. The number of nitrogens with one attached hydrogen (secondary N) is 1. The van der Waals surface area contributed by atoms with Crippen LogP contribution in [0.15, 0.2) is 24.5 Å². The molecule has 4 rings (SSSR count). The average molecular weight is 488 g/mol. The number of primary amides is 1. The molecule has 0 saturated heterocycles. The van der Waals surface area contributed by atoms with E-state index in [1.807, 2.05) is 0 Å². The molecule has 0 atom stereocenters. The molecule has 3 aromatic rings. The lowest BCUT2D eigenvalue weighted by Gasteiger charge is -2.29. The van der Waals surface area contributed by atoms with Gasteiger partial charge in [-0.25, -0.2) is 9.50 Å². The lowest BCUT2D eigenvalue weighted by Crippen LogP contribution is -2.39. The normalized spacial score (nSPS) is 18.6. The van der Waals surface area contributed by atoms with Crippen molar-refractivity contribution in [2.45, 2.75) is 64.2 Å². The number of nitrogens with two attached hydrogens (primary N) is 1. The Morgan fingerprint density at radius 3 is 2.71 bits per heavy atom. The van der Waals surface area contributed by atoms with Crippen molar-refractivity contribution in [2.24, 2.45) is 5.73 Å². The number of ether oxygens (including phenoxy) is 2. The number of rotatable bonds is 8. The third-order valence-corrected chi connectivity index (χ3v) is 6.51. The number of pyridine rings is 1. The van der Waals surface area contributed by atoms with Crippen LogP contribution in [0.3, 0.4) is 0 Å². The van der Waals surface area contributed by atoms with Crippen molar-refractivity contribution in [3.05, 3.63) is 40.0 Å². The van der Waals surface area contributed by atoms with Crippen LogP contribution < -0.4 is 20.5 Å². The van der Waals surface area contributed by atoms with Gasteiger partial charge in [0.15, 0.2) is 4.88 Å². The number of aromatic nitrogens is 3. The Kier molecular flexibility index (Phi) is 6.76. The van der Waals surface area contributed by atoms with Gasteiger partial charge in [0.1, 0.15) is 18.5 Å². The third-order valence-electron chi connectivity index (χ3n) is 5.54. The lowest BCUT2D eigenvalue weighted by molar-refractivity contribution is 0.0283. The predicted molar refractivity (Wildman–Crippen MR) is 126 cm³/mol. The van der Waals surface area contributed by atoms with E-state index in [9.17, 15) is 14.7 Å². The first kappa shape index (κ1) is 24.0. The number of hydrogen-bond acceptors (Lipinski definition) is 8. The van der Waals surface area contributed by atoms with Crippen molar-refractivity contribution in [1.29, 1.82) is 0 Å². The molecular formula is C23H29N5O5S. The quantitative estimate of drug-likeness (QED) is 0.443. The second-order valence-electron chi connectivity index (χ2n) is 9.15. The molecule has 0 bridgehead atoms. The molecule has 0 radical (unpaired) electrons. The van der Waals surface area contributed by atoms with E-state index in [0.717, 1.165) is 30.7 Å². The molecule has 0 aliphatic heterocycles. The first-order valence-corrected chi connectivity index (χ1v) is 12.0. The van der Waals surface area contributed by atoms with E-state index in [2.05, 4.69) is 15.4 Å². The van der Waals surface area contributed by atoms with Gasteiger partial charge in [0.05, 0.1) is 34.1 Å². The second-order valence-corrected chi connectivity index (χ2v) is 10.4. The standard InChI is InChI=1S/C23H29N5O5S/c1-13-26-22(19(34-13)20(24)29)33-15-6-4-14(5-7-15)27-21(30)17-10-25-28-11-16(8-9-18(17)28)32-12-23(2,3)31/h8-11,14-15,31H,4-7,12H2,1-3H3,(H2,24,29)(H,27,30)/t14-,15-. The van der Waals surface area contributed by atoms with Crippen LogP contribution in [-0.4, -0.2) is 55.9 Å². The summed E-state index contributed by atoms with van der Waals surface area (Å²) >= 11 is 1.23. The fourth-order valence-corrected chi connectivity index (χ4v) is 4.58. The Hall–Kier alpha value is -3.18. The van der Waals surface area contributed by atoms with Gasteiger partial charge < -0.3 is 25.6 Å². The molecule has 10 nitrogen and oxygen atoms in total. The van der Waals surface area contributed by atoms with Crippen LogP contribution in [0.25, 0.3) is 5.52 Å². The summed E-state index contributed by atoms with van der Waals surface area (Å²) in [7, 11) is 0. The van der Waals surface area contributed by atoms with Gasteiger partial charge in [-0.3, -0.25) is 9.59 Å². The fourth-order valence-electron chi connectivity index (χ4n) is 3.88. The van der Waals surface area contributed by atoms with Crippen molar-refractivity contribution in [2.75, 3.05) is 6.61 Å². The van der Waals surface area contributed by atoms with Gasteiger partial charge in [-0.05, 0) is 58.6 Å². The molecule has 0 spiro atoms. The minimum Gasteiger partial charge on any atom is -0.489 e. The van der Waals surface area contributed by atoms with Crippen molar-refractivity contribution >= 4 is 28.7 Å². The maximum Gasteiger partial charge on any atom is 0.264 e. The van der Waals surface area contributed by atoms with Crippen molar-refractivity contribution < 1.29 is 24.2 Å². The SMILES string of the molecule is Cc1nc(O[C@H]2CC[C@H](NC(=O)c3cnn4cc(OCC(C)(C)O)ccc34)CC2)c(C(N)=O)s1. The van der Waals surface area contributed by atoms with E-state index in [1.54, 1.807) is 43.6 Å². The number of amides is 2. The summed E-state index contributed by atoms with van der Waals surface area (Å²) in [5.74, 6) is 0.138. The molecule has 1 fully saturated rings. The summed E-state index contributed by atoms with van der Waals surface area (Å²) in [6.45, 7) is 5.28. The number of hydrogen-bond donors (Lipinski definition) is 3. The van der Waals surface area contributed by atoms with Crippen LogP contribution in [0, 0.1) is 6.92 Å². The molecule has 3 aromatic heterocycles. The number of aryl methyl sites for hydroxylation is 1. The summed E-state index contributed by atoms with van der Waals surface area (Å²) in [6.07, 6.45) is 6.11. The predicted octanol–water partition coefficient (Wildman–Crippen LogP) is 2.47. The van der Waals surface area contributed by atoms with Gasteiger partial charge in [0.25, 0.3) is 11.8 Å². The van der Waals surface area contributed by atoms with Gasteiger partial charge in [-0.1, -0.05) is 0 Å². The number of carbonyl (C=O) groups is 2. The zero-order chi connectivity index (χ0) is 24.5. The van der Waals surface area contributed by atoms with Gasteiger partial charge in [-0.2, -0.15) is 5.10 Å². The molecule has 3 heterocycles. The summed E-state index contributed by atoms with van der Waals surface area (Å²) in [6, 6.07) is 3.55. The zero-order valence-corrected chi connectivity index (χ0v) is 20.2. The van der Waals surface area contributed by atoms with Crippen LogP contribution in [0.5, 0.6) is 11.6 Å². The van der Waals surface area contributed by atoms with E-state index < -0.39 is 11.5 Å². The Balaban J connectivity index is 1.33. The van der Waals surface area contributed by atoms with Crippen molar-refractivity contribution in [1.82, 2.24) is 19.9 Å². The van der Waals surface area contributed by atoms with Crippen LogP contribution in [0.4, 0.5) is 0 Å². The highest BCUT2D eigenvalue weighted by Gasteiger charge is 2.27. The first-order chi connectivity index (χ1) is 16.1. The van der Waals surface area contributed by atoms with Gasteiger partial charge in [0.2, 0.25) is 5.88 Å². The smallest absolute Gasteiger partial charge is 0.264 e. The topological polar surface area (TPSA) is 141 Å². The van der Waals surface area contributed by atoms with Gasteiger partial charge in [0, 0.05) is 6.04 Å². The first-order valence-electron chi connectivity index (χ1n) is 11.2. The summed E-state index contributed by atoms with van der Waals surface area (Å²) in [5, 5.41) is 17.9. The second kappa shape index (κ2) is 9.59. The van der Waals surface area contributed by atoms with Crippen LogP contribution in [0.1, 0.15) is 64.6 Å². The molecule has 1 saturated carbocycles. The molecule has 11 heteroatoms. The molecule has 2 amide bonds. The Morgan fingerprint density at radius 1 is 1.29 bits per heavy atom. The van der Waals surface area contributed by atoms with E-state index in [-0.39, 0.29) is 24.7 Å². The Labute approximate surface area is 201 Å². The number of nitrogens with zero attached hydrogens (tertiary/aromatic N) is 3. The Bertz CT molecular complexity index is 1190. The molecule has 0 aromatic carbocycles. The largest absolute Gasteiger partial charge is 0.489 e. The van der Waals surface area contributed by atoms with Crippen molar-refractivity contribution in [3.8, 4) is 11.6 Å². The van der Waals surface area contributed by atoms with E-state index in [4.69, 9.17) is 15.2 Å². The number of carbonyl (C=O) groups excluding carboxylic acids is 2. The zero-order valence-electron chi connectivity index (χ0n) is 19.4. The summed E-state index contributed by atoms with van der Waals surface area (Å²) in [4.78, 5) is 29.1. The average Bonchev–Trinajstić information content (AvgIpc) is 3.36. The molecule has 182 valence electrons. The van der Waals surface area contributed by atoms with E-state index >= 15 is 0 Å². The van der Waals surface area contributed by atoms with Gasteiger partial charge >= 0.3 is 0 Å². The van der Waals surface area contributed by atoms with Crippen LogP contribution in [-0.2, 0) is 0 Å². The Morgan fingerprint density at radius 2 is 2.03 bits per heavy atom. The number of aliphatic hydroxyl groups is 1. The molecular weight excluding hydrogens is 458 g/mol. The highest BCUT2D eigenvalue weighted by molar-refractivity contribution is 7.13. The number of fused-ring (bicyclic) bond motifs is 1. The highest BCUT2D eigenvalue weighted by atomic mass is 32.1. The molecule has 34 heavy (non-hydrogen) atoms. The molecule has 0 unspecified atom stereocenters. The van der Waals surface area contributed by atoms with Crippen LogP contribution in [0.2, 0.25) is 0 Å². The lowest BCUT2D eigenvalue weighted by atomic mass is 9.92. The number of thiazole rings is 1. The van der Waals surface area contributed by atoms with Crippen molar-refractivity contribution in [3.63, 3.8) is 0 Å². The van der Waals surface area contributed by atoms with Crippen LogP contribution >= 0.6 is 11.3 Å². The van der Waals surface area contributed by atoms with E-state index in [0.29, 0.717) is 27.6 Å². The summed E-state index contributed by atoms with van der Waals surface area (Å²) < 4.78 is 13.1. The van der Waals surface area contributed by atoms with Gasteiger partial charge in [-0.15, -0.1) is 11.3 Å². The van der Waals surface area contributed by atoms with E-state index in [1.165, 1.54) is 17.5 Å². The molecule has 4 N–H and O–H groups in total. The minimum atomic E-state index is -0.947. The molecule has 1 aliphatic carbocycles. The third kappa shape index (κ3) is 5.65. The maximum atomic E-state index is 12.9. The maximum absolute atomic E-state index is 12.9. The highest BCUT2D eigenvalue weighted by Crippen LogP contribution is 2.29.